The van der Waals surface area contributed by atoms with E-state index in [0.29, 0.717) is 25.8 Å². The van der Waals surface area contributed by atoms with Gasteiger partial charge in [-0.2, -0.15) is 0 Å². The minimum atomic E-state index is -0.108. The van der Waals surface area contributed by atoms with Crippen LogP contribution >= 0.6 is 0 Å². The molecule has 0 saturated heterocycles. The first-order chi connectivity index (χ1) is 8.88. The Bertz CT molecular complexity index is 298. The molecule has 110 valence electrons. The molecule has 0 heterocycles. The number of carbonyl (C=O) groups is 3. The number of rotatable bonds is 10. The van der Waals surface area contributed by atoms with E-state index in [1.165, 1.54) is 4.90 Å². The van der Waals surface area contributed by atoms with Crippen molar-refractivity contribution in [1.29, 1.82) is 0 Å². The van der Waals surface area contributed by atoms with E-state index in [1.807, 2.05) is 27.7 Å². The number of hydrogen-bond donors (Lipinski definition) is 0. The summed E-state index contributed by atoms with van der Waals surface area (Å²) in [5.41, 5.74) is 0. The number of nitrogens with zero attached hydrogens (tertiary/aromatic N) is 1. The largest absolute Gasteiger partial charge is 0.299 e. The molecule has 0 spiro atoms. The van der Waals surface area contributed by atoms with Gasteiger partial charge >= 0.3 is 0 Å². The minimum absolute atomic E-state index is 0.0964. The van der Waals surface area contributed by atoms with Crippen LogP contribution in [-0.2, 0) is 14.4 Å². The number of amides is 2. The van der Waals surface area contributed by atoms with Gasteiger partial charge in [0.05, 0.1) is 0 Å². The lowest BCUT2D eigenvalue weighted by atomic mass is 10.0. The van der Waals surface area contributed by atoms with Crippen molar-refractivity contribution < 1.29 is 14.4 Å². The molecule has 0 N–H and O–H groups in total. The highest BCUT2D eigenvalue weighted by atomic mass is 16.2. The lowest BCUT2D eigenvalue weighted by molar-refractivity contribution is -0.138. The van der Waals surface area contributed by atoms with Crippen LogP contribution < -0.4 is 0 Å². The molecule has 0 saturated carbocycles. The summed E-state index contributed by atoms with van der Waals surface area (Å²) >= 11 is 0. The quantitative estimate of drug-likeness (QED) is 0.452. The molecular formula is C15H27NO3. The summed E-state index contributed by atoms with van der Waals surface area (Å²) in [6.45, 7) is 8.18. The number of imide groups is 1. The molecule has 0 unspecified atom stereocenters. The molecule has 0 aromatic carbocycles. The molecule has 4 heteroatoms. The zero-order chi connectivity index (χ0) is 14.8. The van der Waals surface area contributed by atoms with Crippen molar-refractivity contribution in [1.82, 2.24) is 4.90 Å². The highest BCUT2D eigenvalue weighted by molar-refractivity contribution is 5.86. The van der Waals surface area contributed by atoms with E-state index in [2.05, 4.69) is 0 Å². The molecule has 0 aromatic rings. The number of carbonyl (C=O) groups excluding carboxylic acids is 3. The van der Waals surface area contributed by atoms with Gasteiger partial charge in [0.2, 0.25) is 12.3 Å². The zero-order valence-electron chi connectivity index (χ0n) is 12.6. The van der Waals surface area contributed by atoms with E-state index in [9.17, 15) is 14.4 Å². The minimum Gasteiger partial charge on any atom is -0.299 e. The van der Waals surface area contributed by atoms with Crippen molar-refractivity contribution in [2.24, 2.45) is 11.8 Å². The van der Waals surface area contributed by atoms with Gasteiger partial charge in [-0.15, -0.1) is 0 Å². The third kappa shape index (κ3) is 8.51. The highest BCUT2D eigenvalue weighted by Crippen LogP contribution is 2.08. The summed E-state index contributed by atoms with van der Waals surface area (Å²) in [4.78, 5) is 35.2. The van der Waals surface area contributed by atoms with Gasteiger partial charge in [0.1, 0.15) is 5.78 Å². The maximum atomic E-state index is 11.7. The van der Waals surface area contributed by atoms with E-state index < -0.39 is 0 Å². The Morgan fingerprint density at radius 3 is 2.16 bits per heavy atom. The fraction of sp³-hybridized carbons (Fsp3) is 0.800. The molecule has 0 radical (unpaired) electrons. The van der Waals surface area contributed by atoms with Gasteiger partial charge in [-0.05, 0) is 18.8 Å². The number of Topliss-reactive ketones (excluding diaryl/α,β-unsaturated/α-hetero) is 1. The SMILES string of the molecule is CC(C)CC(=O)N(C=O)CCCCCC(=O)C(C)C. The van der Waals surface area contributed by atoms with Crippen LogP contribution in [0, 0.1) is 11.8 Å². The van der Waals surface area contributed by atoms with Crippen LogP contribution in [0.3, 0.4) is 0 Å². The van der Waals surface area contributed by atoms with E-state index in [0.717, 1.165) is 19.3 Å². The first-order valence-electron chi connectivity index (χ1n) is 7.16. The van der Waals surface area contributed by atoms with Crippen LogP contribution in [0.2, 0.25) is 0 Å². The molecule has 0 aliphatic rings. The summed E-state index contributed by atoms with van der Waals surface area (Å²) in [5.74, 6) is 0.532. The Morgan fingerprint density at radius 1 is 1.05 bits per heavy atom. The van der Waals surface area contributed by atoms with Gasteiger partial charge in [0.15, 0.2) is 0 Å². The number of unbranched alkanes of at least 4 members (excludes halogenated alkanes) is 2. The number of ketones is 1. The predicted octanol–water partition coefficient (Wildman–Crippen LogP) is 2.80. The summed E-state index contributed by atoms with van der Waals surface area (Å²) in [5, 5.41) is 0. The smallest absolute Gasteiger partial charge is 0.229 e. The van der Waals surface area contributed by atoms with Crippen LogP contribution in [0.4, 0.5) is 0 Å². The fourth-order valence-corrected chi connectivity index (χ4v) is 1.75. The van der Waals surface area contributed by atoms with E-state index in [4.69, 9.17) is 0 Å². The summed E-state index contributed by atoms with van der Waals surface area (Å²) in [7, 11) is 0. The van der Waals surface area contributed by atoms with E-state index >= 15 is 0 Å². The van der Waals surface area contributed by atoms with E-state index in [-0.39, 0.29) is 23.5 Å². The van der Waals surface area contributed by atoms with Crippen LogP contribution in [0.5, 0.6) is 0 Å². The monoisotopic (exact) mass is 269 g/mol. The number of hydrogen-bond acceptors (Lipinski definition) is 3. The molecule has 0 aromatic heterocycles. The molecule has 19 heavy (non-hydrogen) atoms. The molecule has 0 aliphatic carbocycles. The average molecular weight is 269 g/mol. The van der Waals surface area contributed by atoms with Crippen molar-refractivity contribution in [2.45, 2.75) is 59.8 Å². The second-order valence-corrected chi connectivity index (χ2v) is 5.72. The van der Waals surface area contributed by atoms with E-state index in [1.54, 1.807) is 0 Å². The van der Waals surface area contributed by atoms with Crippen LogP contribution in [0.1, 0.15) is 59.8 Å². The second kappa shape index (κ2) is 9.70. The van der Waals surface area contributed by atoms with Gasteiger partial charge in [-0.25, -0.2) is 0 Å². The van der Waals surface area contributed by atoms with Gasteiger partial charge in [-0.1, -0.05) is 34.1 Å². The van der Waals surface area contributed by atoms with Crippen molar-refractivity contribution in [3.05, 3.63) is 0 Å². The van der Waals surface area contributed by atoms with Gasteiger partial charge < -0.3 is 0 Å². The van der Waals surface area contributed by atoms with Crippen molar-refractivity contribution in [3.63, 3.8) is 0 Å². The first-order valence-corrected chi connectivity index (χ1v) is 7.16. The third-order valence-electron chi connectivity index (χ3n) is 3.00. The molecule has 0 aliphatic heterocycles. The summed E-state index contributed by atoms with van der Waals surface area (Å²) in [6, 6.07) is 0. The Kier molecular flexibility index (Phi) is 9.09. The standard InChI is InChI=1S/C15H27NO3/c1-12(2)10-15(19)16(11-17)9-7-5-6-8-14(18)13(3)4/h11-13H,5-10H2,1-4H3. The molecule has 2 amide bonds. The Hall–Kier alpha value is -1.19. The molecule has 0 bridgehead atoms. The Morgan fingerprint density at radius 2 is 1.68 bits per heavy atom. The Balaban J connectivity index is 3.82. The molecule has 4 nitrogen and oxygen atoms in total. The second-order valence-electron chi connectivity index (χ2n) is 5.72. The Labute approximate surface area is 116 Å². The maximum Gasteiger partial charge on any atom is 0.229 e. The van der Waals surface area contributed by atoms with Crippen LogP contribution in [0.25, 0.3) is 0 Å². The van der Waals surface area contributed by atoms with Crippen molar-refractivity contribution in [2.75, 3.05) is 6.54 Å². The van der Waals surface area contributed by atoms with Gasteiger partial charge in [0, 0.05) is 25.3 Å². The lowest BCUT2D eigenvalue weighted by Crippen LogP contribution is -2.31. The normalized spacial score (nSPS) is 10.8. The van der Waals surface area contributed by atoms with Crippen LogP contribution in [-0.4, -0.2) is 29.5 Å². The third-order valence-corrected chi connectivity index (χ3v) is 3.00. The topological polar surface area (TPSA) is 54.5 Å². The summed E-state index contributed by atoms with van der Waals surface area (Å²) in [6.07, 6.45) is 4.10. The zero-order valence-corrected chi connectivity index (χ0v) is 12.6. The molecule has 0 fully saturated rings. The lowest BCUT2D eigenvalue weighted by Gasteiger charge is -2.16. The average Bonchev–Trinajstić information content (AvgIpc) is 2.32. The predicted molar refractivity (Wildman–Crippen MR) is 75.5 cm³/mol. The molecular weight excluding hydrogens is 242 g/mol. The van der Waals surface area contributed by atoms with Gasteiger partial charge in [0.25, 0.3) is 0 Å². The molecule has 0 rings (SSSR count). The fourth-order valence-electron chi connectivity index (χ4n) is 1.75. The summed E-state index contributed by atoms with van der Waals surface area (Å²) < 4.78 is 0. The van der Waals surface area contributed by atoms with Gasteiger partial charge in [-0.3, -0.25) is 19.3 Å². The van der Waals surface area contributed by atoms with Crippen LogP contribution in [0.15, 0.2) is 0 Å². The highest BCUT2D eigenvalue weighted by Gasteiger charge is 2.13. The maximum absolute atomic E-state index is 11.7. The molecule has 0 atom stereocenters. The van der Waals surface area contributed by atoms with Crippen molar-refractivity contribution >= 4 is 18.1 Å². The van der Waals surface area contributed by atoms with Crippen molar-refractivity contribution in [3.8, 4) is 0 Å². The first kappa shape index (κ1) is 17.8.